The minimum absolute atomic E-state index is 0.638. The highest BCUT2D eigenvalue weighted by Crippen LogP contribution is 2.37. The molecule has 17 heavy (non-hydrogen) atoms. The monoisotopic (exact) mass is 236 g/mol. The molecule has 0 aromatic heterocycles. The Balaban J connectivity index is 1.54. The summed E-state index contributed by atoms with van der Waals surface area (Å²) in [5, 5.41) is 0. The molecule has 0 aromatic rings. The molecule has 0 radical (unpaired) electrons. The highest BCUT2D eigenvalue weighted by Gasteiger charge is 2.34. The Morgan fingerprint density at radius 1 is 1.00 bits per heavy atom. The van der Waals surface area contributed by atoms with Gasteiger partial charge in [-0.2, -0.15) is 0 Å². The summed E-state index contributed by atoms with van der Waals surface area (Å²) in [6.07, 6.45) is 10.3. The van der Waals surface area contributed by atoms with E-state index < -0.39 is 0 Å². The topological polar surface area (TPSA) is 6.48 Å². The molecule has 2 saturated heterocycles. The third-order valence-corrected chi connectivity index (χ3v) is 5.34. The SMILES string of the molecule is CC1(CN2CCN3CCCC3C2)CCCCC1. The molecule has 98 valence electrons. The second-order valence-corrected chi connectivity index (χ2v) is 6.94. The van der Waals surface area contributed by atoms with Gasteiger partial charge in [-0.3, -0.25) is 9.80 Å². The fraction of sp³-hybridized carbons (Fsp3) is 1.00. The highest BCUT2D eigenvalue weighted by atomic mass is 15.3. The van der Waals surface area contributed by atoms with Gasteiger partial charge < -0.3 is 0 Å². The molecular weight excluding hydrogens is 208 g/mol. The average molecular weight is 236 g/mol. The van der Waals surface area contributed by atoms with Crippen molar-refractivity contribution in [3.8, 4) is 0 Å². The Morgan fingerprint density at radius 2 is 1.82 bits per heavy atom. The lowest BCUT2D eigenvalue weighted by Crippen LogP contribution is -2.52. The summed E-state index contributed by atoms with van der Waals surface area (Å²) in [5.74, 6) is 0. The van der Waals surface area contributed by atoms with Gasteiger partial charge >= 0.3 is 0 Å². The van der Waals surface area contributed by atoms with Crippen LogP contribution in [0.3, 0.4) is 0 Å². The van der Waals surface area contributed by atoms with Crippen molar-refractivity contribution < 1.29 is 0 Å². The van der Waals surface area contributed by atoms with Crippen molar-refractivity contribution in [3.63, 3.8) is 0 Å². The number of fused-ring (bicyclic) bond motifs is 1. The molecule has 1 saturated carbocycles. The molecule has 3 aliphatic rings. The standard InChI is InChI=1S/C15H28N2/c1-15(7-3-2-4-8-15)13-16-10-11-17-9-5-6-14(17)12-16/h14H,2-13H2,1H3. The molecule has 0 N–H and O–H groups in total. The summed E-state index contributed by atoms with van der Waals surface area (Å²) < 4.78 is 0. The molecule has 2 heterocycles. The Labute approximate surface area is 106 Å². The first-order valence-corrected chi connectivity index (χ1v) is 7.72. The lowest BCUT2D eigenvalue weighted by molar-refractivity contribution is 0.0550. The van der Waals surface area contributed by atoms with Crippen LogP contribution in [0, 0.1) is 5.41 Å². The van der Waals surface area contributed by atoms with Crippen molar-refractivity contribution >= 4 is 0 Å². The van der Waals surface area contributed by atoms with E-state index in [2.05, 4.69) is 16.7 Å². The second kappa shape index (κ2) is 4.89. The summed E-state index contributed by atoms with van der Waals surface area (Å²) in [4.78, 5) is 5.50. The molecule has 2 heteroatoms. The van der Waals surface area contributed by atoms with Crippen LogP contribution in [0.25, 0.3) is 0 Å². The van der Waals surface area contributed by atoms with Crippen molar-refractivity contribution in [1.29, 1.82) is 0 Å². The number of nitrogens with zero attached hydrogens (tertiary/aromatic N) is 2. The average Bonchev–Trinajstić information content (AvgIpc) is 2.76. The van der Waals surface area contributed by atoms with Crippen LogP contribution in [-0.4, -0.2) is 48.6 Å². The minimum Gasteiger partial charge on any atom is -0.300 e. The van der Waals surface area contributed by atoms with Crippen molar-refractivity contribution in [1.82, 2.24) is 9.80 Å². The zero-order chi connectivity index (χ0) is 11.7. The van der Waals surface area contributed by atoms with Gasteiger partial charge in [0.1, 0.15) is 0 Å². The molecule has 0 spiro atoms. The summed E-state index contributed by atoms with van der Waals surface area (Å²) in [7, 11) is 0. The molecule has 0 amide bonds. The summed E-state index contributed by atoms with van der Waals surface area (Å²) in [5.41, 5.74) is 0.638. The summed E-state index contributed by atoms with van der Waals surface area (Å²) >= 11 is 0. The predicted molar refractivity (Wildman–Crippen MR) is 72.2 cm³/mol. The van der Waals surface area contributed by atoms with Gasteiger partial charge in [0.25, 0.3) is 0 Å². The maximum absolute atomic E-state index is 2.78. The lowest BCUT2D eigenvalue weighted by atomic mass is 9.75. The van der Waals surface area contributed by atoms with E-state index in [1.807, 2.05) is 0 Å². The first kappa shape index (κ1) is 12.0. The van der Waals surface area contributed by atoms with E-state index in [4.69, 9.17) is 0 Å². The van der Waals surface area contributed by atoms with Gasteiger partial charge in [0.15, 0.2) is 0 Å². The third kappa shape index (κ3) is 2.68. The van der Waals surface area contributed by atoms with Crippen LogP contribution in [0.15, 0.2) is 0 Å². The number of rotatable bonds is 2. The van der Waals surface area contributed by atoms with E-state index in [1.165, 1.54) is 77.7 Å². The lowest BCUT2D eigenvalue weighted by Gasteiger charge is -2.43. The van der Waals surface area contributed by atoms with Gasteiger partial charge in [0, 0.05) is 32.2 Å². The summed E-state index contributed by atoms with van der Waals surface area (Å²) in [6, 6.07) is 0.899. The Hall–Kier alpha value is -0.0800. The van der Waals surface area contributed by atoms with Gasteiger partial charge in [-0.1, -0.05) is 26.2 Å². The van der Waals surface area contributed by atoms with Gasteiger partial charge in [-0.05, 0) is 37.6 Å². The smallest absolute Gasteiger partial charge is 0.0224 e. The number of hydrogen-bond donors (Lipinski definition) is 0. The molecule has 0 bridgehead atoms. The number of piperazine rings is 1. The molecule has 1 atom stereocenters. The zero-order valence-corrected chi connectivity index (χ0v) is 11.5. The van der Waals surface area contributed by atoms with Crippen LogP contribution < -0.4 is 0 Å². The normalized spacial score (nSPS) is 34.8. The van der Waals surface area contributed by atoms with Crippen molar-refractivity contribution in [3.05, 3.63) is 0 Å². The fourth-order valence-corrected chi connectivity index (χ4v) is 4.30. The fourth-order valence-electron chi connectivity index (χ4n) is 4.30. The quantitative estimate of drug-likeness (QED) is 0.727. The largest absolute Gasteiger partial charge is 0.300 e. The molecule has 2 nitrogen and oxygen atoms in total. The highest BCUT2D eigenvalue weighted by molar-refractivity contribution is 4.90. The van der Waals surface area contributed by atoms with Crippen LogP contribution in [-0.2, 0) is 0 Å². The molecule has 3 rings (SSSR count). The van der Waals surface area contributed by atoms with Crippen molar-refractivity contribution in [2.45, 2.75) is 57.9 Å². The molecule has 1 aliphatic carbocycles. The van der Waals surface area contributed by atoms with E-state index in [0.29, 0.717) is 5.41 Å². The molecule has 3 fully saturated rings. The Morgan fingerprint density at radius 3 is 2.65 bits per heavy atom. The Kier molecular flexibility index (Phi) is 3.45. The summed E-state index contributed by atoms with van der Waals surface area (Å²) in [6.45, 7) is 9.29. The molecule has 1 unspecified atom stereocenters. The van der Waals surface area contributed by atoms with E-state index in [1.54, 1.807) is 0 Å². The minimum atomic E-state index is 0.638. The van der Waals surface area contributed by atoms with Crippen LogP contribution in [0.5, 0.6) is 0 Å². The third-order valence-electron chi connectivity index (χ3n) is 5.34. The van der Waals surface area contributed by atoms with E-state index in [-0.39, 0.29) is 0 Å². The maximum atomic E-state index is 2.78. The molecule has 0 aromatic carbocycles. The van der Waals surface area contributed by atoms with Crippen LogP contribution in [0.2, 0.25) is 0 Å². The molecule has 2 aliphatic heterocycles. The second-order valence-electron chi connectivity index (χ2n) is 6.94. The first-order valence-electron chi connectivity index (χ1n) is 7.72. The first-order chi connectivity index (χ1) is 8.25. The molecular formula is C15H28N2. The van der Waals surface area contributed by atoms with Crippen LogP contribution in [0.1, 0.15) is 51.9 Å². The van der Waals surface area contributed by atoms with Crippen LogP contribution in [0.4, 0.5) is 0 Å². The van der Waals surface area contributed by atoms with Gasteiger partial charge in [-0.25, -0.2) is 0 Å². The van der Waals surface area contributed by atoms with Gasteiger partial charge in [0.05, 0.1) is 0 Å². The van der Waals surface area contributed by atoms with Crippen LogP contribution >= 0.6 is 0 Å². The number of hydrogen-bond acceptors (Lipinski definition) is 2. The van der Waals surface area contributed by atoms with Gasteiger partial charge in [0.2, 0.25) is 0 Å². The van der Waals surface area contributed by atoms with E-state index in [0.717, 1.165) is 6.04 Å². The Bertz CT molecular complexity index is 258. The van der Waals surface area contributed by atoms with Gasteiger partial charge in [-0.15, -0.1) is 0 Å². The van der Waals surface area contributed by atoms with Crippen molar-refractivity contribution in [2.75, 3.05) is 32.7 Å². The van der Waals surface area contributed by atoms with Crippen molar-refractivity contribution in [2.24, 2.45) is 5.41 Å². The predicted octanol–water partition coefficient (Wildman–Crippen LogP) is 2.74. The zero-order valence-electron chi connectivity index (χ0n) is 11.5. The van der Waals surface area contributed by atoms with E-state index in [9.17, 15) is 0 Å². The van der Waals surface area contributed by atoms with E-state index >= 15 is 0 Å². The maximum Gasteiger partial charge on any atom is 0.0224 e.